The van der Waals surface area contributed by atoms with Crippen molar-refractivity contribution in [3.05, 3.63) is 35.9 Å². The molecule has 1 rings (SSSR count). The Balaban J connectivity index is 2.76. The summed E-state index contributed by atoms with van der Waals surface area (Å²) in [6, 6.07) is 7.80. The van der Waals surface area contributed by atoms with Gasteiger partial charge in [0, 0.05) is 5.56 Å². The molecule has 0 aliphatic heterocycles. The second-order valence-corrected chi connectivity index (χ2v) is 4.81. The van der Waals surface area contributed by atoms with Gasteiger partial charge in [0.15, 0.2) is 0 Å². The number of hydrogen-bond acceptors (Lipinski definition) is 3. The van der Waals surface area contributed by atoms with Crippen molar-refractivity contribution in [2.75, 3.05) is 6.54 Å². The third-order valence-electron chi connectivity index (χ3n) is 3.23. The molecule has 114 valence electrons. The summed E-state index contributed by atoms with van der Waals surface area (Å²) in [6.07, 6.45) is 0.681. The van der Waals surface area contributed by atoms with Gasteiger partial charge in [0.25, 0.3) is 5.91 Å². The van der Waals surface area contributed by atoms with Crippen LogP contribution in [0.2, 0.25) is 0 Å². The first-order chi connectivity index (χ1) is 9.95. The summed E-state index contributed by atoms with van der Waals surface area (Å²) in [7, 11) is 0. The number of carboxylic acids is 1. The number of rotatable bonds is 7. The van der Waals surface area contributed by atoms with Crippen molar-refractivity contribution in [1.82, 2.24) is 10.6 Å². The number of carbonyl (C=O) groups excluding carboxylic acids is 2. The molecule has 0 aliphatic carbocycles. The average molecular weight is 292 g/mol. The van der Waals surface area contributed by atoms with Crippen molar-refractivity contribution in [2.24, 2.45) is 5.92 Å². The van der Waals surface area contributed by atoms with E-state index in [1.165, 1.54) is 0 Å². The van der Waals surface area contributed by atoms with E-state index in [1.54, 1.807) is 30.3 Å². The predicted molar refractivity (Wildman–Crippen MR) is 77.8 cm³/mol. The Hall–Kier alpha value is -2.37. The van der Waals surface area contributed by atoms with Gasteiger partial charge in [-0.3, -0.25) is 14.4 Å². The maximum atomic E-state index is 12.1. The molecule has 0 aliphatic rings. The first-order valence-electron chi connectivity index (χ1n) is 6.81. The van der Waals surface area contributed by atoms with Gasteiger partial charge in [-0.25, -0.2) is 0 Å². The van der Waals surface area contributed by atoms with E-state index in [0.29, 0.717) is 12.0 Å². The second kappa shape index (κ2) is 8.04. The van der Waals surface area contributed by atoms with E-state index in [9.17, 15) is 14.4 Å². The lowest BCUT2D eigenvalue weighted by Gasteiger charge is -2.23. The van der Waals surface area contributed by atoms with Gasteiger partial charge in [0.1, 0.15) is 12.6 Å². The summed E-state index contributed by atoms with van der Waals surface area (Å²) in [4.78, 5) is 34.6. The first kappa shape index (κ1) is 16.7. The van der Waals surface area contributed by atoms with Gasteiger partial charge in [0.05, 0.1) is 0 Å². The maximum Gasteiger partial charge on any atom is 0.322 e. The molecule has 2 unspecified atom stereocenters. The van der Waals surface area contributed by atoms with Crippen LogP contribution in [0.25, 0.3) is 0 Å². The van der Waals surface area contributed by atoms with Crippen molar-refractivity contribution < 1.29 is 19.5 Å². The van der Waals surface area contributed by atoms with E-state index in [2.05, 4.69) is 10.6 Å². The summed E-state index contributed by atoms with van der Waals surface area (Å²) in [5.74, 6) is -2.07. The predicted octanol–water partition coefficient (Wildman–Crippen LogP) is 1.03. The molecule has 6 nitrogen and oxygen atoms in total. The fraction of sp³-hybridized carbons (Fsp3) is 0.400. The van der Waals surface area contributed by atoms with Crippen LogP contribution in [0.5, 0.6) is 0 Å². The molecular weight excluding hydrogens is 272 g/mol. The quantitative estimate of drug-likeness (QED) is 0.699. The van der Waals surface area contributed by atoms with Gasteiger partial charge in [-0.15, -0.1) is 0 Å². The topological polar surface area (TPSA) is 95.5 Å². The lowest BCUT2D eigenvalue weighted by molar-refractivity contribution is -0.138. The van der Waals surface area contributed by atoms with Crippen molar-refractivity contribution in [3.8, 4) is 0 Å². The Morgan fingerprint density at radius 2 is 1.81 bits per heavy atom. The fourth-order valence-electron chi connectivity index (χ4n) is 1.79. The van der Waals surface area contributed by atoms with Gasteiger partial charge in [-0.05, 0) is 18.1 Å². The molecule has 1 aromatic rings. The van der Waals surface area contributed by atoms with Crippen LogP contribution in [0.4, 0.5) is 0 Å². The van der Waals surface area contributed by atoms with E-state index >= 15 is 0 Å². The van der Waals surface area contributed by atoms with E-state index in [4.69, 9.17) is 5.11 Å². The Bertz CT molecular complexity index is 502. The number of amides is 2. The molecule has 0 aromatic heterocycles. The molecule has 21 heavy (non-hydrogen) atoms. The number of aliphatic carboxylic acids is 1. The maximum absolute atomic E-state index is 12.1. The van der Waals surface area contributed by atoms with E-state index in [0.717, 1.165) is 0 Å². The summed E-state index contributed by atoms with van der Waals surface area (Å²) >= 11 is 0. The Morgan fingerprint density at radius 1 is 1.19 bits per heavy atom. The van der Waals surface area contributed by atoms with Crippen molar-refractivity contribution >= 4 is 17.8 Å². The first-order valence-corrected chi connectivity index (χ1v) is 6.81. The van der Waals surface area contributed by atoms with Gasteiger partial charge < -0.3 is 15.7 Å². The monoisotopic (exact) mass is 292 g/mol. The molecule has 6 heteroatoms. The molecule has 0 spiro atoms. The zero-order valence-corrected chi connectivity index (χ0v) is 12.1. The summed E-state index contributed by atoms with van der Waals surface area (Å²) in [5, 5.41) is 13.6. The molecule has 0 saturated heterocycles. The summed E-state index contributed by atoms with van der Waals surface area (Å²) in [5.41, 5.74) is 0.455. The second-order valence-electron chi connectivity index (χ2n) is 4.81. The number of benzene rings is 1. The SMILES string of the molecule is CCC(C)C(NC(=O)c1ccccc1)C(=O)NCC(=O)O. The summed E-state index contributed by atoms with van der Waals surface area (Å²) < 4.78 is 0. The highest BCUT2D eigenvalue weighted by molar-refractivity contribution is 5.97. The number of carboxylic acid groups (broad SMARTS) is 1. The van der Waals surface area contributed by atoms with Gasteiger partial charge in [-0.2, -0.15) is 0 Å². The van der Waals surface area contributed by atoms with Gasteiger partial charge >= 0.3 is 5.97 Å². The van der Waals surface area contributed by atoms with Crippen molar-refractivity contribution in [1.29, 1.82) is 0 Å². The minimum Gasteiger partial charge on any atom is -0.480 e. The summed E-state index contributed by atoms with van der Waals surface area (Å²) in [6.45, 7) is 3.26. The van der Waals surface area contributed by atoms with Crippen molar-refractivity contribution in [2.45, 2.75) is 26.3 Å². The minimum atomic E-state index is -1.12. The Kier molecular flexibility index (Phi) is 6.39. The Labute approximate surface area is 123 Å². The highest BCUT2D eigenvalue weighted by Crippen LogP contribution is 2.09. The molecule has 0 saturated carbocycles. The normalized spacial score (nSPS) is 13.0. The minimum absolute atomic E-state index is 0.105. The van der Waals surface area contributed by atoms with E-state index in [-0.39, 0.29) is 11.8 Å². The van der Waals surface area contributed by atoms with E-state index in [1.807, 2.05) is 13.8 Å². The van der Waals surface area contributed by atoms with Crippen LogP contribution in [0.3, 0.4) is 0 Å². The molecular formula is C15H20N2O4. The highest BCUT2D eigenvalue weighted by Gasteiger charge is 2.26. The fourth-order valence-corrected chi connectivity index (χ4v) is 1.79. The highest BCUT2D eigenvalue weighted by atomic mass is 16.4. The van der Waals surface area contributed by atoms with Crippen LogP contribution in [-0.2, 0) is 9.59 Å². The van der Waals surface area contributed by atoms with Gasteiger partial charge in [0.2, 0.25) is 5.91 Å². The molecule has 0 bridgehead atoms. The molecule has 0 fully saturated rings. The largest absolute Gasteiger partial charge is 0.480 e. The number of hydrogen-bond donors (Lipinski definition) is 3. The molecule has 3 N–H and O–H groups in total. The molecule has 1 aromatic carbocycles. The molecule has 0 heterocycles. The molecule has 0 radical (unpaired) electrons. The van der Waals surface area contributed by atoms with Crippen LogP contribution < -0.4 is 10.6 Å². The Morgan fingerprint density at radius 3 is 2.33 bits per heavy atom. The number of nitrogens with one attached hydrogen (secondary N) is 2. The lowest BCUT2D eigenvalue weighted by Crippen LogP contribution is -2.51. The third-order valence-corrected chi connectivity index (χ3v) is 3.23. The van der Waals surface area contributed by atoms with Gasteiger partial charge in [-0.1, -0.05) is 38.5 Å². The average Bonchev–Trinajstić information content (AvgIpc) is 2.50. The van der Waals surface area contributed by atoms with Crippen LogP contribution in [0.15, 0.2) is 30.3 Å². The standard InChI is InChI=1S/C15H20N2O4/c1-3-10(2)13(15(21)16-9-12(18)19)17-14(20)11-7-5-4-6-8-11/h4-8,10,13H,3,9H2,1-2H3,(H,16,21)(H,17,20)(H,18,19). The molecule has 2 atom stereocenters. The zero-order chi connectivity index (χ0) is 15.8. The number of carbonyl (C=O) groups is 3. The van der Waals surface area contributed by atoms with Crippen LogP contribution in [0.1, 0.15) is 30.6 Å². The smallest absolute Gasteiger partial charge is 0.322 e. The van der Waals surface area contributed by atoms with Crippen molar-refractivity contribution in [3.63, 3.8) is 0 Å². The van der Waals surface area contributed by atoms with Crippen LogP contribution >= 0.6 is 0 Å². The molecule has 2 amide bonds. The van der Waals surface area contributed by atoms with Crippen LogP contribution in [0, 0.1) is 5.92 Å². The zero-order valence-electron chi connectivity index (χ0n) is 12.1. The lowest BCUT2D eigenvalue weighted by atomic mass is 9.98. The van der Waals surface area contributed by atoms with Crippen LogP contribution in [-0.4, -0.2) is 35.5 Å². The van der Waals surface area contributed by atoms with E-state index < -0.39 is 24.5 Å². The third kappa shape index (κ3) is 5.25.